The number of nitrogens with zero attached hydrogens (tertiary/aromatic N) is 2. The lowest BCUT2D eigenvalue weighted by Gasteiger charge is -2.32. The van der Waals surface area contributed by atoms with E-state index in [1.54, 1.807) is 67.6 Å². The van der Waals surface area contributed by atoms with Gasteiger partial charge in [0, 0.05) is 23.0 Å². The molecule has 2 amide bonds. The van der Waals surface area contributed by atoms with E-state index in [-0.39, 0.29) is 17.3 Å². The van der Waals surface area contributed by atoms with E-state index >= 15 is 0 Å². The highest BCUT2D eigenvalue weighted by atomic mass is 35.5. The van der Waals surface area contributed by atoms with Gasteiger partial charge in [-0.1, -0.05) is 60.8 Å². The number of unbranched alkanes of at least 4 members (excludes halogenated alkanes) is 1. The van der Waals surface area contributed by atoms with E-state index in [1.807, 2.05) is 20.1 Å². The van der Waals surface area contributed by atoms with Gasteiger partial charge in [-0.3, -0.25) is 13.9 Å². The van der Waals surface area contributed by atoms with Crippen LogP contribution in [0.25, 0.3) is 0 Å². The van der Waals surface area contributed by atoms with Crippen LogP contribution in [0.15, 0.2) is 82.6 Å². The van der Waals surface area contributed by atoms with Crippen molar-refractivity contribution in [1.82, 2.24) is 10.2 Å². The number of nitrogens with one attached hydrogen (secondary N) is 1. The standard InChI is InChI=1S/C30H36ClN3O4S2/c1-5-6-19-32-30(36)23(3)33(20-24-9-7-8-10-28(24)31)29(35)21-34(25-13-11-22(2)12-14-25)40(37,38)27-17-15-26(39-4)16-18-27/h7-18,23H,5-6,19-21H2,1-4H3,(H,32,36)/t23-/m0/s1. The van der Waals surface area contributed by atoms with Crippen LogP contribution in [0.3, 0.4) is 0 Å². The molecule has 40 heavy (non-hydrogen) atoms. The summed E-state index contributed by atoms with van der Waals surface area (Å²) in [5.74, 6) is -0.839. The number of amides is 2. The van der Waals surface area contributed by atoms with Crippen molar-refractivity contribution < 1.29 is 18.0 Å². The third-order valence-corrected chi connectivity index (χ3v) is 9.44. The van der Waals surface area contributed by atoms with Crippen LogP contribution >= 0.6 is 23.4 Å². The number of halogens is 1. The molecule has 214 valence electrons. The summed E-state index contributed by atoms with van der Waals surface area (Å²) in [6.45, 7) is 5.61. The molecule has 0 heterocycles. The normalized spacial score (nSPS) is 12.0. The highest BCUT2D eigenvalue weighted by molar-refractivity contribution is 7.98. The number of rotatable bonds is 13. The first-order chi connectivity index (χ1) is 19.1. The summed E-state index contributed by atoms with van der Waals surface area (Å²) in [4.78, 5) is 29.4. The number of aryl methyl sites for hydroxylation is 1. The second kappa shape index (κ2) is 14.6. The Morgan fingerprint density at radius 3 is 2.25 bits per heavy atom. The van der Waals surface area contributed by atoms with Crippen LogP contribution in [-0.2, 0) is 26.2 Å². The Bertz CT molecular complexity index is 1400. The van der Waals surface area contributed by atoms with Crippen molar-refractivity contribution in [3.05, 3.63) is 88.9 Å². The number of hydrogen-bond acceptors (Lipinski definition) is 5. The van der Waals surface area contributed by atoms with Crippen LogP contribution in [0.2, 0.25) is 5.02 Å². The zero-order chi connectivity index (χ0) is 29.3. The topological polar surface area (TPSA) is 86.8 Å². The molecule has 1 N–H and O–H groups in total. The Morgan fingerprint density at radius 1 is 1.00 bits per heavy atom. The fraction of sp³-hybridized carbons (Fsp3) is 0.333. The first-order valence-electron chi connectivity index (χ1n) is 13.1. The average Bonchev–Trinajstić information content (AvgIpc) is 2.95. The molecule has 7 nitrogen and oxygen atoms in total. The molecule has 0 radical (unpaired) electrons. The number of carbonyl (C=O) groups excluding carboxylic acids is 2. The summed E-state index contributed by atoms with van der Waals surface area (Å²) in [7, 11) is -4.12. The third kappa shape index (κ3) is 8.02. The lowest BCUT2D eigenvalue weighted by molar-refractivity contribution is -0.139. The van der Waals surface area contributed by atoms with Gasteiger partial charge in [0.05, 0.1) is 10.6 Å². The monoisotopic (exact) mass is 601 g/mol. The van der Waals surface area contributed by atoms with Crippen molar-refractivity contribution in [2.45, 2.75) is 56.0 Å². The van der Waals surface area contributed by atoms with Crippen molar-refractivity contribution in [2.75, 3.05) is 23.7 Å². The molecule has 3 rings (SSSR count). The molecule has 0 aliphatic carbocycles. The number of sulfonamides is 1. The second-order valence-corrected chi connectivity index (χ2v) is 12.6. The molecule has 1 atom stereocenters. The first kappa shape index (κ1) is 31.5. The molecule has 0 aliphatic rings. The third-order valence-electron chi connectivity index (χ3n) is 6.54. The molecule has 0 unspecified atom stereocenters. The summed E-state index contributed by atoms with van der Waals surface area (Å²) in [6.07, 6.45) is 3.64. The summed E-state index contributed by atoms with van der Waals surface area (Å²) >= 11 is 7.91. The fourth-order valence-corrected chi connectivity index (χ4v) is 6.06. The van der Waals surface area contributed by atoms with Crippen molar-refractivity contribution in [3.8, 4) is 0 Å². The van der Waals surface area contributed by atoms with Crippen molar-refractivity contribution in [2.24, 2.45) is 0 Å². The van der Waals surface area contributed by atoms with Crippen molar-refractivity contribution in [3.63, 3.8) is 0 Å². The van der Waals surface area contributed by atoms with Crippen LogP contribution in [-0.4, -0.2) is 50.5 Å². The van der Waals surface area contributed by atoms with Gasteiger partial charge in [-0.2, -0.15) is 0 Å². The van der Waals surface area contributed by atoms with Gasteiger partial charge in [-0.05, 0) is 74.6 Å². The highest BCUT2D eigenvalue weighted by Gasteiger charge is 2.32. The average molecular weight is 602 g/mol. The van der Waals surface area contributed by atoms with Gasteiger partial charge in [-0.25, -0.2) is 8.42 Å². The van der Waals surface area contributed by atoms with Gasteiger partial charge in [-0.15, -0.1) is 11.8 Å². The van der Waals surface area contributed by atoms with E-state index in [1.165, 1.54) is 28.8 Å². The van der Waals surface area contributed by atoms with Crippen LogP contribution in [0, 0.1) is 6.92 Å². The Hall–Kier alpha value is -3.01. The SMILES string of the molecule is CCCCNC(=O)[C@H](C)N(Cc1ccccc1Cl)C(=O)CN(c1ccc(C)cc1)S(=O)(=O)c1ccc(SC)cc1. The minimum atomic E-state index is -4.12. The van der Waals surface area contributed by atoms with E-state index in [9.17, 15) is 18.0 Å². The van der Waals surface area contributed by atoms with Gasteiger partial charge < -0.3 is 10.2 Å². The number of carbonyl (C=O) groups is 2. The molecule has 3 aromatic carbocycles. The molecule has 0 aliphatic heterocycles. The van der Waals surface area contributed by atoms with Gasteiger partial charge >= 0.3 is 0 Å². The summed E-state index contributed by atoms with van der Waals surface area (Å²) < 4.78 is 28.9. The molecular weight excluding hydrogens is 566 g/mol. The molecular formula is C30H36ClN3O4S2. The highest BCUT2D eigenvalue weighted by Crippen LogP contribution is 2.27. The quantitative estimate of drug-likeness (QED) is 0.195. The molecule has 0 saturated carbocycles. The fourth-order valence-electron chi connectivity index (χ4n) is 4.04. The van der Waals surface area contributed by atoms with Crippen LogP contribution < -0.4 is 9.62 Å². The summed E-state index contributed by atoms with van der Waals surface area (Å²) in [5, 5.41) is 3.33. The molecule has 0 fully saturated rings. The maximum atomic E-state index is 14.0. The van der Waals surface area contributed by atoms with E-state index in [2.05, 4.69) is 5.32 Å². The van der Waals surface area contributed by atoms with Crippen molar-refractivity contribution in [1.29, 1.82) is 0 Å². The Labute approximate surface area is 247 Å². The zero-order valence-corrected chi connectivity index (χ0v) is 25.7. The molecule has 0 spiro atoms. The van der Waals surface area contributed by atoms with Crippen LogP contribution in [0.5, 0.6) is 0 Å². The first-order valence-corrected chi connectivity index (χ1v) is 16.2. The predicted octanol–water partition coefficient (Wildman–Crippen LogP) is 5.90. The molecule has 0 aromatic heterocycles. The number of hydrogen-bond donors (Lipinski definition) is 1. The Morgan fingerprint density at radius 2 is 1.65 bits per heavy atom. The van der Waals surface area contributed by atoms with Crippen molar-refractivity contribution >= 4 is 50.9 Å². The maximum absolute atomic E-state index is 14.0. The number of anilines is 1. The van der Waals surface area contributed by atoms with Gasteiger partial charge in [0.1, 0.15) is 12.6 Å². The van der Waals surface area contributed by atoms with Gasteiger partial charge in [0.2, 0.25) is 11.8 Å². The summed E-state index contributed by atoms with van der Waals surface area (Å²) in [6, 6.07) is 19.7. The minimum absolute atomic E-state index is 0.0467. The van der Waals surface area contributed by atoms with E-state index in [0.717, 1.165) is 27.6 Å². The van der Waals surface area contributed by atoms with E-state index < -0.39 is 28.5 Å². The molecule has 0 bridgehead atoms. The Balaban J connectivity index is 2.00. The number of thioether (sulfide) groups is 1. The lowest BCUT2D eigenvalue weighted by atomic mass is 10.1. The van der Waals surface area contributed by atoms with Gasteiger partial charge in [0.15, 0.2) is 0 Å². The van der Waals surface area contributed by atoms with Crippen LogP contribution in [0.4, 0.5) is 5.69 Å². The van der Waals surface area contributed by atoms with E-state index in [4.69, 9.17) is 11.6 Å². The largest absolute Gasteiger partial charge is 0.354 e. The lowest BCUT2D eigenvalue weighted by Crippen LogP contribution is -2.51. The molecule has 10 heteroatoms. The summed E-state index contributed by atoms with van der Waals surface area (Å²) in [5.41, 5.74) is 1.96. The smallest absolute Gasteiger partial charge is 0.264 e. The maximum Gasteiger partial charge on any atom is 0.264 e. The molecule has 3 aromatic rings. The molecule has 0 saturated heterocycles. The number of benzene rings is 3. The van der Waals surface area contributed by atoms with E-state index in [0.29, 0.717) is 22.8 Å². The predicted molar refractivity (Wildman–Crippen MR) is 163 cm³/mol. The zero-order valence-electron chi connectivity index (χ0n) is 23.3. The second-order valence-electron chi connectivity index (χ2n) is 9.46. The van der Waals surface area contributed by atoms with Crippen LogP contribution in [0.1, 0.15) is 37.8 Å². The minimum Gasteiger partial charge on any atom is -0.354 e. The Kier molecular flexibility index (Phi) is 11.5. The van der Waals surface area contributed by atoms with Gasteiger partial charge in [0.25, 0.3) is 10.0 Å².